The summed E-state index contributed by atoms with van der Waals surface area (Å²) in [6.07, 6.45) is 1.30. The molecule has 0 spiro atoms. The number of hydrogen-bond acceptors (Lipinski definition) is 5. The molecular formula is C11H15N5O. The molecule has 1 unspecified atom stereocenters. The van der Waals surface area contributed by atoms with Gasteiger partial charge in [-0.2, -0.15) is 10.4 Å². The minimum Gasteiger partial charge on any atom is -0.292 e. The molecule has 1 atom stereocenters. The van der Waals surface area contributed by atoms with Gasteiger partial charge in [-0.3, -0.25) is 10.1 Å². The molecule has 1 heterocycles. The molecule has 1 rings (SSSR count). The molecule has 6 nitrogen and oxygen atoms in total. The van der Waals surface area contributed by atoms with Crippen molar-refractivity contribution in [1.82, 2.24) is 15.2 Å². The number of carbonyl (C=O) groups excluding carboxylic acids is 1. The van der Waals surface area contributed by atoms with E-state index in [0.717, 1.165) is 6.42 Å². The van der Waals surface area contributed by atoms with E-state index in [1.807, 2.05) is 13.0 Å². The van der Waals surface area contributed by atoms with Crippen LogP contribution >= 0.6 is 0 Å². The number of anilines is 1. The molecule has 1 aromatic heterocycles. The van der Waals surface area contributed by atoms with Crippen molar-refractivity contribution in [3.63, 3.8) is 0 Å². The van der Waals surface area contributed by atoms with Crippen molar-refractivity contribution in [3.8, 4) is 6.07 Å². The molecule has 0 aliphatic rings. The van der Waals surface area contributed by atoms with Gasteiger partial charge in [-0.25, -0.2) is 4.98 Å². The summed E-state index contributed by atoms with van der Waals surface area (Å²) >= 11 is 0. The number of amides is 1. The molecule has 1 N–H and O–H groups in total. The average Bonchev–Trinajstić information content (AvgIpc) is 2.30. The second kappa shape index (κ2) is 5.89. The number of nitrogens with zero attached hydrogens (tertiary/aromatic N) is 4. The molecule has 1 amide bonds. The van der Waals surface area contributed by atoms with E-state index in [1.165, 1.54) is 0 Å². The molecule has 0 saturated carbocycles. The Balaban J connectivity index is 2.74. The Hall–Kier alpha value is -2.03. The lowest BCUT2D eigenvalue weighted by atomic mass is 10.1. The predicted octanol–water partition coefficient (Wildman–Crippen LogP) is 1.37. The standard InChI is InChI=1S/C11H15N5O/c1-4-5-9(6-12)10(17)14-11-13-7(2)8(3)15-16-11/h9H,4-5H2,1-3H3,(H,13,14,16,17). The third kappa shape index (κ3) is 3.48. The molecular weight excluding hydrogens is 218 g/mol. The summed E-state index contributed by atoms with van der Waals surface area (Å²) in [6.45, 7) is 5.50. The summed E-state index contributed by atoms with van der Waals surface area (Å²) in [5.74, 6) is -0.890. The van der Waals surface area contributed by atoms with Gasteiger partial charge in [0.05, 0.1) is 17.5 Å². The number of aryl methyl sites for hydroxylation is 2. The van der Waals surface area contributed by atoms with E-state index in [2.05, 4.69) is 20.5 Å². The fourth-order valence-corrected chi connectivity index (χ4v) is 1.25. The highest BCUT2D eigenvalue weighted by atomic mass is 16.2. The van der Waals surface area contributed by atoms with E-state index >= 15 is 0 Å². The summed E-state index contributed by atoms with van der Waals surface area (Å²) in [7, 11) is 0. The van der Waals surface area contributed by atoms with Gasteiger partial charge in [-0.15, -0.1) is 5.10 Å². The SMILES string of the molecule is CCCC(C#N)C(=O)Nc1nnc(C)c(C)n1. The summed E-state index contributed by atoms with van der Waals surface area (Å²) in [5.41, 5.74) is 1.42. The third-order valence-corrected chi connectivity index (χ3v) is 2.38. The second-order valence-corrected chi connectivity index (χ2v) is 3.77. The lowest BCUT2D eigenvalue weighted by Crippen LogP contribution is -2.23. The molecule has 1 aromatic rings. The Bertz CT molecular complexity index is 452. The summed E-state index contributed by atoms with van der Waals surface area (Å²) in [5, 5.41) is 18.9. The van der Waals surface area contributed by atoms with Crippen LogP contribution in [0, 0.1) is 31.1 Å². The Morgan fingerprint density at radius 3 is 2.65 bits per heavy atom. The molecule has 6 heteroatoms. The zero-order valence-electron chi connectivity index (χ0n) is 10.2. The van der Waals surface area contributed by atoms with Crippen LogP contribution in [-0.4, -0.2) is 21.1 Å². The highest BCUT2D eigenvalue weighted by Crippen LogP contribution is 2.08. The zero-order valence-corrected chi connectivity index (χ0v) is 10.2. The molecule has 17 heavy (non-hydrogen) atoms. The van der Waals surface area contributed by atoms with E-state index in [-0.39, 0.29) is 11.9 Å². The topological polar surface area (TPSA) is 91.6 Å². The highest BCUT2D eigenvalue weighted by Gasteiger charge is 2.18. The van der Waals surface area contributed by atoms with Crippen molar-refractivity contribution in [3.05, 3.63) is 11.4 Å². The van der Waals surface area contributed by atoms with Crippen LogP contribution in [0.3, 0.4) is 0 Å². The first-order valence-corrected chi connectivity index (χ1v) is 5.46. The van der Waals surface area contributed by atoms with Crippen LogP contribution in [-0.2, 0) is 4.79 Å². The van der Waals surface area contributed by atoms with Crippen LogP contribution in [0.4, 0.5) is 5.95 Å². The van der Waals surface area contributed by atoms with Crippen LogP contribution < -0.4 is 5.32 Å². The van der Waals surface area contributed by atoms with Crippen LogP contribution in [0.2, 0.25) is 0 Å². The smallest absolute Gasteiger partial charge is 0.249 e. The van der Waals surface area contributed by atoms with Crippen LogP contribution in [0.1, 0.15) is 31.2 Å². The van der Waals surface area contributed by atoms with Gasteiger partial charge in [0.2, 0.25) is 11.9 Å². The molecule has 90 valence electrons. The van der Waals surface area contributed by atoms with Gasteiger partial charge in [0, 0.05) is 0 Å². The van der Waals surface area contributed by atoms with Gasteiger partial charge in [-0.1, -0.05) is 13.3 Å². The Morgan fingerprint density at radius 1 is 1.41 bits per heavy atom. The van der Waals surface area contributed by atoms with E-state index in [0.29, 0.717) is 17.8 Å². The van der Waals surface area contributed by atoms with E-state index in [4.69, 9.17) is 5.26 Å². The van der Waals surface area contributed by atoms with Crippen molar-refractivity contribution in [2.45, 2.75) is 33.6 Å². The van der Waals surface area contributed by atoms with E-state index in [1.54, 1.807) is 13.8 Å². The number of aromatic nitrogens is 3. The first kappa shape index (κ1) is 13.0. The fraction of sp³-hybridized carbons (Fsp3) is 0.545. The predicted molar refractivity (Wildman–Crippen MR) is 61.9 cm³/mol. The molecule has 0 fully saturated rings. The normalized spacial score (nSPS) is 11.6. The lowest BCUT2D eigenvalue weighted by molar-refractivity contribution is -0.118. The number of nitrogens with one attached hydrogen (secondary N) is 1. The Morgan fingerprint density at radius 2 is 2.12 bits per heavy atom. The molecule has 0 bridgehead atoms. The molecule has 0 saturated heterocycles. The highest BCUT2D eigenvalue weighted by molar-refractivity contribution is 5.92. The Kier molecular flexibility index (Phi) is 4.52. The number of nitriles is 1. The first-order chi connectivity index (χ1) is 8.08. The second-order valence-electron chi connectivity index (χ2n) is 3.77. The van der Waals surface area contributed by atoms with Crippen molar-refractivity contribution in [1.29, 1.82) is 5.26 Å². The van der Waals surface area contributed by atoms with Crippen molar-refractivity contribution in [2.75, 3.05) is 5.32 Å². The average molecular weight is 233 g/mol. The van der Waals surface area contributed by atoms with Gasteiger partial charge in [0.15, 0.2) is 0 Å². The van der Waals surface area contributed by atoms with E-state index in [9.17, 15) is 4.79 Å². The number of rotatable bonds is 4. The van der Waals surface area contributed by atoms with Crippen molar-refractivity contribution >= 4 is 11.9 Å². The van der Waals surface area contributed by atoms with Crippen LogP contribution in [0.25, 0.3) is 0 Å². The van der Waals surface area contributed by atoms with Gasteiger partial charge in [0.25, 0.3) is 0 Å². The Labute approximate surface area is 100 Å². The molecule has 0 aromatic carbocycles. The quantitative estimate of drug-likeness (QED) is 0.847. The number of carbonyl (C=O) groups is 1. The molecule has 0 aliphatic heterocycles. The largest absolute Gasteiger partial charge is 0.292 e. The summed E-state index contributed by atoms with van der Waals surface area (Å²) < 4.78 is 0. The third-order valence-electron chi connectivity index (χ3n) is 2.38. The van der Waals surface area contributed by atoms with Crippen LogP contribution in [0.15, 0.2) is 0 Å². The molecule has 0 radical (unpaired) electrons. The number of hydrogen-bond donors (Lipinski definition) is 1. The lowest BCUT2D eigenvalue weighted by Gasteiger charge is -2.08. The maximum absolute atomic E-state index is 11.7. The van der Waals surface area contributed by atoms with Crippen molar-refractivity contribution < 1.29 is 4.79 Å². The monoisotopic (exact) mass is 233 g/mol. The zero-order chi connectivity index (χ0) is 12.8. The maximum atomic E-state index is 11.7. The minimum atomic E-state index is -0.662. The molecule has 0 aliphatic carbocycles. The summed E-state index contributed by atoms with van der Waals surface area (Å²) in [6, 6.07) is 1.96. The van der Waals surface area contributed by atoms with Crippen LogP contribution in [0.5, 0.6) is 0 Å². The summed E-state index contributed by atoms with van der Waals surface area (Å²) in [4.78, 5) is 15.8. The maximum Gasteiger partial charge on any atom is 0.249 e. The van der Waals surface area contributed by atoms with Gasteiger partial charge in [0.1, 0.15) is 5.92 Å². The van der Waals surface area contributed by atoms with Gasteiger partial charge >= 0.3 is 0 Å². The fourth-order valence-electron chi connectivity index (χ4n) is 1.25. The van der Waals surface area contributed by atoms with Crippen molar-refractivity contribution in [2.24, 2.45) is 5.92 Å². The first-order valence-electron chi connectivity index (χ1n) is 5.46. The minimum absolute atomic E-state index is 0.148. The van der Waals surface area contributed by atoms with Gasteiger partial charge < -0.3 is 0 Å². The van der Waals surface area contributed by atoms with E-state index < -0.39 is 5.92 Å². The van der Waals surface area contributed by atoms with Gasteiger partial charge in [-0.05, 0) is 20.3 Å².